The summed E-state index contributed by atoms with van der Waals surface area (Å²) in [5.74, 6) is -0.411. The molecule has 0 aromatic heterocycles. The third-order valence-corrected chi connectivity index (χ3v) is 5.29. The number of esters is 1. The highest BCUT2D eigenvalue weighted by molar-refractivity contribution is 8.00. The summed E-state index contributed by atoms with van der Waals surface area (Å²) in [7, 11) is 0. The minimum Gasteiger partial charge on any atom is -0.465 e. The van der Waals surface area contributed by atoms with Crippen molar-refractivity contribution in [2.45, 2.75) is 23.5 Å². The molecule has 0 heterocycles. The third kappa shape index (κ3) is 4.33. The first-order valence-electron chi connectivity index (χ1n) is 8.58. The molecule has 0 fully saturated rings. The van der Waals surface area contributed by atoms with Crippen LogP contribution in [0.5, 0.6) is 0 Å². The van der Waals surface area contributed by atoms with Crippen LogP contribution in [0.3, 0.4) is 0 Å². The number of Topliss-reactive ketones (excluding diaryl/α,β-unsaturated/α-hetero) is 1. The lowest BCUT2D eigenvalue weighted by atomic mass is 10.1. The van der Waals surface area contributed by atoms with Crippen LogP contribution in [0.25, 0.3) is 10.8 Å². The molecule has 3 nitrogen and oxygen atoms in total. The smallest absolute Gasteiger partial charge is 0.319 e. The van der Waals surface area contributed by atoms with Crippen molar-refractivity contribution in [2.24, 2.45) is 0 Å². The van der Waals surface area contributed by atoms with Crippen LogP contribution in [0.15, 0.2) is 77.7 Å². The van der Waals surface area contributed by atoms with E-state index in [9.17, 15) is 9.59 Å². The molecule has 0 amide bonds. The minimum atomic E-state index is -0.575. The molecule has 0 spiro atoms. The number of ketones is 1. The van der Waals surface area contributed by atoms with Crippen LogP contribution in [0, 0.1) is 0 Å². The van der Waals surface area contributed by atoms with Crippen LogP contribution in [0.1, 0.15) is 23.7 Å². The van der Waals surface area contributed by atoms with Crippen molar-refractivity contribution in [3.8, 4) is 0 Å². The van der Waals surface area contributed by atoms with Gasteiger partial charge in [0, 0.05) is 16.9 Å². The number of hydrogen-bond donors (Lipinski definition) is 0. The lowest BCUT2D eigenvalue weighted by Crippen LogP contribution is -2.23. The van der Waals surface area contributed by atoms with Crippen molar-refractivity contribution >= 4 is 34.3 Å². The van der Waals surface area contributed by atoms with Crippen molar-refractivity contribution in [3.63, 3.8) is 0 Å². The quantitative estimate of drug-likeness (QED) is 0.331. The lowest BCUT2D eigenvalue weighted by molar-refractivity contribution is -0.142. The summed E-state index contributed by atoms with van der Waals surface area (Å²) in [5.41, 5.74) is 0.611. The number of rotatable bonds is 7. The maximum absolute atomic E-state index is 12.6. The Kier molecular flexibility index (Phi) is 6.08. The Labute approximate surface area is 157 Å². The van der Waals surface area contributed by atoms with Gasteiger partial charge < -0.3 is 4.74 Å². The third-order valence-electron chi connectivity index (χ3n) is 4.03. The lowest BCUT2D eigenvalue weighted by Gasteiger charge is -2.16. The predicted molar refractivity (Wildman–Crippen MR) is 106 cm³/mol. The van der Waals surface area contributed by atoms with Gasteiger partial charge in [-0.2, -0.15) is 0 Å². The first-order valence-corrected chi connectivity index (χ1v) is 9.46. The molecule has 0 aliphatic carbocycles. The van der Waals surface area contributed by atoms with E-state index in [2.05, 4.69) is 0 Å². The van der Waals surface area contributed by atoms with Gasteiger partial charge in [0.2, 0.25) is 0 Å². The zero-order valence-electron chi connectivity index (χ0n) is 14.6. The highest BCUT2D eigenvalue weighted by Crippen LogP contribution is 2.33. The molecule has 1 atom stereocenters. The summed E-state index contributed by atoms with van der Waals surface area (Å²) in [6.07, 6.45) is 0.108. The van der Waals surface area contributed by atoms with Gasteiger partial charge in [0.05, 0.1) is 6.61 Å². The van der Waals surface area contributed by atoms with Gasteiger partial charge in [-0.25, -0.2) is 0 Å². The molecule has 0 aliphatic rings. The Balaban J connectivity index is 1.86. The van der Waals surface area contributed by atoms with E-state index in [0.717, 1.165) is 15.7 Å². The van der Waals surface area contributed by atoms with Gasteiger partial charge in [-0.3, -0.25) is 9.59 Å². The zero-order valence-corrected chi connectivity index (χ0v) is 15.4. The van der Waals surface area contributed by atoms with E-state index in [1.165, 1.54) is 11.8 Å². The second-order valence-electron chi connectivity index (χ2n) is 5.83. The van der Waals surface area contributed by atoms with Gasteiger partial charge in [-0.1, -0.05) is 66.7 Å². The normalized spacial score (nSPS) is 11.9. The van der Waals surface area contributed by atoms with Crippen molar-refractivity contribution in [3.05, 3.63) is 78.4 Å². The SMILES string of the molecule is CCOC(=O)C(CC(=O)c1ccccc1)Sc1cccc2ccccc12. The highest BCUT2D eigenvalue weighted by Gasteiger charge is 2.25. The molecule has 1 unspecified atom stereocenters. The molecule has 26 heavy (non-hydrogen) atoms. The fourth-order valence-corrected chi connectivity index (χ4v) is 3.95. The Morgan fingerprint density at radius 2 is 1.62 bits per heavy atom. The Morgan fingerprint density at radius 3 is 2.38 bits per heavy atom. The number of benzene rings is 3. The molecule has 4 heteroatoms. The van der Waals surface area contributed by atoms with E-state index in [4.69, 9.17) is 4.74 Å². The van der Waals surface area contributed by atoms with E-state index in [0.29, 0.717) is 12.2 Å². The van der Waals surface area contributed by atoms with Gasteiger partial charge >= 0.3 is 5.97 Å². The fraction of sp³-hybridized carbons (Fsp3) is 0.182. The monoisotopic (exact) mass is 364 g/mol. The van der Waals surface area contributed by atoms with Gasteiger partial charge in [-0.05, 0) is 23.8 Å². The molecule has 0 bridgehead atoms. The van der Waals surface area contributed by atoms with Crippen LogP contribution in [0.2, 0.25) is 0 Å². The summed E-state index contributed by atoms with van der Waals surface area (Å²) in [5, 5.41) is 1.60. The minimum absolute atomic E-state index is 0.0589. The van der Waals surface area contributed by atoms with Crippen LogP contribution in [-0.4, -0.2) is 23.6 Å². The van der Waals surface area contributed by atoms with Crippen LogP contribution < -0.4 is 0 Å². The van der Waals surface area contributed by atoms with Crippen molar-refractivity contribution in [1.29, 1.82) is 0 Å². The molecule has 132 valence electrons. The molecule has 0 saturated heterocycles. The van der Waals surface area contributed by atoms with E-state index in [1.54, 1.807) is 19.1 Å². The van der Waals surface area contributed by atoms with Crippen LogP contribution >= 0.6 is 11.8 Å². The number of ether oxygens (including phenoxy) is 1. The first-order chi connectivity index (χ1) is 12.7. The molecule has 0 radical (unpaired) electrons. The largest absolute Gasteiger partial charge is 0.465 e. The van der Waals surface area contributed by atoms with Crippen molar-refractivity contribution in [2.75, 3.05) is 6.61 Å². The van der Waals surface area contributed by atoms with Gasteiger partial charge in [0.1, 0.15) is 5.25 Å². The first kappa shape index (κ1) is 18.2. The summed E-state index contributed by atoms with van der Waals surface area (Å²) in [6, 6.07) is 23.1. The summed E-state index contributed by atoms with van der Waals surface area (Å²) >= 11 is 1.39. The number of carbonyl (C=O) groups is 2. The molecule has 3 aromatic carbocycles. The van der Waals surface area contributed by atoms with E-state index in [-0.39, 0.29) is 18.2 Å². The average molecular weight is 364 g/mol. The number of fused-ring (bicyclic) bond motifs is 1. The maximum Gasteiger partial charge on any atom is 0.319 e. The predicted octanol–water partition coefficient (Wildman–Crippen LogP) is 5.14. The molecule has 0 aliphatic heterocycles. The summed E-state index contributed by atoms with van der Waals surface area (Å²) in [4.78, 5) is 26.0. The molecular weight excluding hydrogens is 344 g/mol. The molecule has 3 rings (SSSR count). The van der Waals surface area contributed by atoms with Gasteiger partial charge in [-0.15, -0.1) is 11.8 Å². The van der Waals surface area contributed by atoms with E-state index < -0.39 is 5.25 Å². The number of thioether (sulfide) groups is 1. The Bertz CT molecular complexity index is 900. The topological polar surface area (TPSA) is 43.4 Å². The van der Waals surface area contributed by atoms with Gasteiger partial charge in [0.25, 0.3) is 0 Å². The summed E-state index contributed by atoms with van der Waals surface area (Å²) in [6.45, 7) is 2.07. The molecular formula is C22H20O3S. The van der Waals surface area contributed by atoms with E-state index in [1.807, 2.05) is 60.7 Å². The van der Waals surface area contributed by atoms with Crippen molar-refractivity contribution < 1.29 is 14.3 Å². The second kappa shape index (κ2) is 8.68. The number of hydrogen-bond acceptors (Lipinski definition) is 4. The zero-order chi connectivity index (χ0) is 18.4. The Morgan fingerprint density at radius 1 is 0.923 bits per heavy atom. The fourth-order valence-electron chi connectivity index (χ4n) is 2.77. The second-order valence-corrected chi connectivity index (χ2v) is 7.07. The molecule has 3 aromatic rings. The van der Waals surface area contributed by atoms with Gasteiger partial charge in [0.15, 0.2) is 5.78 Å². The average Bonchev–Trinajstić information content (AvgIpc) is 2.68. The maximum atomic E-state index is 12.6. The standard InChI is InChI=1S/C22H20O3S/c1-2-25-22(24)21(15-19(23)17-10-4-3-5-11-17)26-20-14-8-12-16-9-6-7-13-18(16)20/h3-14,21H,2,15H2,1H3. The Hall–Kier alpha value is -2.59. The van der Waals surface area contributed by atoms with Crippen LogP contribution in [-0.2, 0) is 9.53 Å². The highest BCUT2D eigenvalue weighted by atomic mass is 32.2. The van der Waals surface area contributed by atoms with E-state index >= 15 is 0 Å². The molecule has 0 N–H and O–H groups in total. The molecule has 0 saturated carbocycles. The van der Waals surface area contributed by atoms with Crippen molar-refractivity contribution in [1.82, 2.24) is 0 Å². The summed E-state index contributed by atoms with van der Waals surface area (Å²) < 4.78 is 5.21. The van der Waals surface area contributed by atoms with Crippen LogP contribution in [0.4, 0.5) is 0 Å². The number of carbonyl (C=O) groups excluding carboxylic acids is 2.